The number of hydrogen-bond acceptors (Lipinski definition) is 4. The summed E-state index contributed by atoms with van der Waals surface area (Å²) in [5.74, 6) is 0.950. The quantitative estimate of drug-likeness (QED) is 0.679. The topological polar surface area (TPSA) is 48.7 Å². The molecule has 0 spiro atoms. The van der Waals surface area contributed by atoms with Crippen molar-refractivity contribution in [2.24, 2.45) is 0 Å². The maximum Gasteiger partial charge on any atom is 0.317 e. The Morgan fingerprint density at radius 1 is 1.18 bits per heavy atom. The molecule has 0 bridgehead atoms. The van der Waals surface area contributed by atoms with Crippen LogP contribution in [0.5, 0.6) is 0 Å². The SMILES string of the molecule is CN(Cc1ccco1)Cc1ccccc1CNC(=O)N1CCc2sccc2C1. The zero-order valence-corrected chi connectivity index (χ0v) is 16.9. The van der Waals surface area contributed by atoms with E-state index < -0.39 is 0 Å². The van der Waals surface area contributed by atoms with Gasteiger partial charge in [-0.3, -0.25) is 4.90 Å². The summed E-state index contributed by atoms with van der Waals surface area (Å²) in [7, 11) is 2.07. The monoisotopic (exact) mass is 395 g/mol. The van der Waals surface area contributed by atoms with E-state index in [1.165, 1.54) is 16.0 Å². The first-order valence-corrected chi connectivity index (χ1v) is 10.4. The molecule has 0 unspecified atom stereocenters. The number of furan rings is 1. The van der Waals surface area contributed by atoms with Gasteiger partial charge < -0.3 is 14.6 Å². The van der Waals surface area contributed by atoms with Gasteiger partial charge in [0, 0.05) is 31.1 Å². The van der Waals surface area contributed by atoms with Crippen molar-refractivity contribution in [3.8, 4) is 0 Å². The molecule has 1 aliphatic heterocycles. The number of nitrogens with zero attached hydrogens (tertiary/aromatic N) is 2. The number of fused-ring (bicyclic) bond motifs is 1. The highest BCUT2D eigenvalue weighted by molar-refractivity contribution is 7.10. The van der Waals surface area contributed by atoms with Crippen molar-refractivity contribution in [1.82, 2.24) is 15.1 Å². The molecule has 1 N–H and O–H groups in total. The van der Waals surface area contributed by atoms with E-state index in [1.807, 2.05) is 29.2 Å². The predicted molar refractivity (Wildman–Crippen MR) is 111 cm³/mol. The molecule has 146 valence electrons. The lowest BCUT2D eigenvalue weighted by Gasteiger charge is -2.27. The van der Waals surface area contributed by atoms with Crippen molar-refractivity contribution >= 4 is 17.4 Å². The molecule has 0 fully saturated rings. The van der Waals surface area contributed by atoms with Crippen LogP contribution in [0.4, 0.5) is 4.79 Å². The molecule has 0 saturated heterocycles. The Hall–Kier alpha value is -2.57. The van der Waals surface area contributed by atoms with Crippen LogP contribution < -0.4 is 5.32 Å². The average Bonchev–Trinajstić information content (AvgIpc) is 3.38. The summed E-state index contributed by atoms with van der Waals surface area (Å²) in [6.45, 7) is 3.58. The summed E-state index contributed by atoms with van der Waals surface area (Å²) in [5, 5.41) is 5.22. The van der Waals surface area contributed by atoms with Gasteiger partial charge in [0.1, 0.15) is 5.76 Å². The number of carbonyl (C=O) groups excluding carboxylic acids is 1. The number of hydrogen-bond donors (Lipinski definition) is 1. The van der Waals surface area contributed by atoms with Crippen molar-refractivity contribution in [3.05, 3.63) is 81.4 Å². The standard InChI is InChI=1S/C22H25N3O2S/c1-24(16-20-7-4-11-27-20)14-18-6-3-2-5-17(18)13-23-22(26)25-10-8-21-19(15-25)9-12-28-21/h2-7,9,11-12H,8,10,13-16H2,1H3,(H,23,26). The summed E-state index contributed by atoms with van der Waals surface area (Å²) < 4.78 is 5.43. The first-order valence-electron chi connectivity index (χ1n) is 9.55. The number of thiophene rings is 1. The van der Waals surface area contributed by atoms with E-state index in [1.54, 1.807) is 17.6 Å². The second kappa shape index (κ2) is 8.63. The van der Waals surface area contributed by atoms with Crippen LogP contribution in [0, 0.1) is 0 Å². The Morgan fingerprint density at radius 2 is 2.04 bits per heavy atom. The molecule has 4 rings (SSSR count). The van der Waals surface area contributed by atoms with E-state index in [9.17, 15) is 4.79 Å². The fourth-order valence-corrected chi connectivity index (χ4v) is 4.49. The Labute approximate surface area is 169 Å². The molecular formula is C22H25N3O2S. The Balaban J connectivity index is 1.34. The Bertz CT molecular complexity index is 920. The van der Waals surface area contributed by atoms with E-state index >= 15 is 0 Å². The Morgan fingerprint density at radius 3 is 2.86 bits per heavy atom. The van der Waals surface area contributed by atoms with Crippen molar-refractivity contribution in [2.45, 2.75) is 32.6 Å². The highest BCUT2D eigenvalue weighted by Crippen LogP contribution is 2.24. The number of carbonyl (C=O) groups is 1. The van der Waals surface area contributed by atoms with Crippen molar-refractivity contribution in [2.75, 3.05) is 13.6 Å². The number of amides is 2. The van der Waals surface area contributed by atoms with Crippen LogP contribution in [0.2, 0.25) is 0 Å². The number of benzene rings is 1. The van der Waals surface area contributed by atoms with E-state index in [2.05, 4.69) is 40.8 Å². The molecule has 28 heavy (non-hydrogen) atoms. The fourth-order valence-electron chi connectivity index (χ4n) is 3.60. The van der Waals surface area contributed by atoms with Crippen LogP contribution in [0.25, 0.3) is 0 Å². The molecule has 0 aliphatic carbocycles. The lowest BCUT2D eigenvalue weighted by atomic mass is 10.1. The summed E-state index contributed by atoms with van der Waals surface area (Å²) in [6, 6.07) is 14.3. The van der Waals surface area contributed by atoms with Gasteiger partial charge in [-0.2, -0.15) is 0 Å². The molecule has 0 atom stereocenters. The van der Waals surface area contributed by atoms with Gasteiger partial charge >= 0.3 is 6.03 Å². The normalized spacial score (nSPS) is 13.6. The maximum atomic E-state index is 12.6. The van der Waals surface area contributed by atoms with E-state index in [0.29, 0.717) is 13.1 Å². The molecule has 5 nitrogen and oxygen atoms in total. The van der Waals surface area contributed by atoms with Crippen LogP contribution in [-0.2, 0) is 32.6 Å². The van der Waals surface area contributed by atoms with Crippen LogP contribution in [0.3, 0.4) is 0 Å². The Kier molecular flexibility index (Phi) is 5.78. The third-order valence-electron chi connectivity index (χ3n) is 5.09. The van der Waals surface area contributed by atoms with Gasteiger partial charge in [0.25, 0.3) is 0 Å². The smallest absolute Gasteiger partial charge is 0.317 e. The minimum absolute atomic E-state index is 0.00981. The van der Waals surface area contributed by atoms with Crippen LogP contribution in [0.15, 0.2) is 58.5 Å². The highest BCUT2D eigenvalue weighted by Gasteiger charge is 2.21. The number of rotatable bonds is 6. The largest absolute Gasteiger partial charge is 0.468 e. The highest BCUT2D eigenvalue weighted by atomic mass is 32.1. The third-order valence-corrected chi connectivity index (χ3v) is 6.11. The summed E-state index contributed by atoms with van der Waals surface area (Å²) in [4.78, 5) is 18.2. The second-order valence-corrected chi connectivity index (χ2v) is 8.22. The number of nitrogens with one attached hydrogen (secondary N) is 1. The minimum atomic E-state index is 0.00981. The molecule has 3 aromatic rings. The zero-order valence-electron chi connectivity index (χ0n) is 16.1. The van der Waals surface area contributed by atoms with E-state index in [4.69, 9.17) is 4.42 Å². The summed E-state index contributed by atoms with van der Waals surface area (Å²) in [6.07, 6.45) is 2.65. The summed E-state index contributed by atoms with van der Waals surface area (Å²) >= 11 is 1.79. The van der Waals surface area contributed by atoms with Crippen molar-refractivity contribution < 1.29 is 9.21 Å². The predicted octanol–water partition coefficient (Wildman–Crippen LogP) is 4.24. The third kappa shape index (κ3) is 4.46. The van der Waals surface area contributed by atoms with Gasteiger partial charge in [0.05, 0.1) is 12.8 Å². The molecular weight excluding hydrogens is 370 g/mol. The summed E-state index contributed by atoms with van der Waals surface area (Å²) in [5.41, 5.74) is 3.65. The number of urea groups is 1. The van der Waals surface area contributed by atoms with Crippen LogP contribution in [0.1, 0.15) is 27.3 Å². The molecule has 2 aromatic heterocycles. The second-order valence-electron chi connectivity index (χ2n) is 7.22. The maximum absolute atomic E-state index is 12.6. The van der Waals surface area contributed by atoms with Crippen LogP contribution in [-0.4, -0.2) is 29.4 Å². The molecule has 1 aromatic carbocycles. The molecule has 0 radical (unpaired) electrons. The zero-order chi connectivity index (χ0) is 19.3. The fraction of sp³-hybridized carbons (Fsp3) is 0.318. The van der Waals surface area contributed by atoms with Crippen LogP contribution >= 0.6 is 11.3 Å². The van der Waals surface area contributed by atoms with Gasteiger partial charge in [-0.15, -0.1) is 11.3 Å². The van der Waals surface area contributed by atoms with Gasteiger partial charge in [-0.05, 0) is 53.7 Å². The molecule has 3 heterocycles. The molecule has 1 aliphatic rings. The van der Waals surface area contributed by atoms with Crippen molar-refractivity contribution in [3.63, 3.8) is 0 Å². The van der Waals surface area contributed by atoms with Crippen molar-refractivity contribution in [1.29, 1.82) is 0 Å². The lowest BCUT2D eigenvalue weighted by molar-refractivity contribution is 0.192. The first kappa shape index (κ1) is 18.8. The van der Waals surface area contributed by atoms with Gasteiger partial charge in [-0.1, -0.05) is 24.3 Å². The van der Waals surface area contributed by atoms with Gasteiger partial charge in [0.2, 0.25) is 0 Å². The molecule has 6 heteroatoms. The van der Waals surface area contributed by atoms with E-state index in [-0.39, 0.29) is 6.03 Å². The van der Waals surface area contributed by atoms with Gasteiger partial charge in [-0.25, -0.2) is 4.79 Å². The van der Waals surface area contributed by atoms with E-state index in [0.717, 1.165) is 37.4 Å². The lowest BCUT2D eigenvalue weighted by Crippen LogP contribution is -2.42. The average molecular weight is 396 g/mol. The molecule has 0 saturated carbocycles. The molecule has 2 amide bonds. The minimum Gasteiger partial charge on any atom is -0.468 e. The first-order chi connectivity index (χ1) is 13.7. The van der Waals surface area contributed by atoms with Gasteiger partial charge in [0.15, 0.2) is 0 Å².